The van der Waals surface area contributed by atoms with Crippen molar-refractivity contribution in [1.29, 1.82) is 0 Å². The minimum absolute atomic E-state index is 0.0544. The zero-order valence-electron chi connectivity index (χ0n) is 16.7. The normalized spacial score (nSPS) is 10.9. The summed E-state index contributed by atoms with van der Waals surface area (Å²) in [7, 11) is 0. The highest BCUT2D eigenvalue weighted by Crippen LogP contribution is 2.20. The first-order valence-corrected chi connectivity index (χ1v) is 10.4. The van der Waals surface area contributed by atoms with Crippen LogP contribution in [0.25, 0.3) is 0 Å². The zero-order valence-corrected chi connectivity index (χ0v) is 17.4. The van der Waals surface area contributed by atoms with E-state index in [0.717, 1.165) is 30.5 Å². The third-order valence-electron chi connectivity index (χ3n) is 4.97. The summed E-state index contributed by atoms with van der Waals surface area (Å²) in [5.41, 5.74) is 2.58. The van der Waals surface area contributed by atoms with Crippen LogP contribution in [0.1, 0.15) is 47.8 Å². The smallest absolute Gasteiger partial charge is 0.255 e. The van der Waals surface area contributed by atoms with Gasteiger partial charge in [0.05, 0.1) is 17.1 Å². The van der Waals surface area contributed by atoms with Gasteiger partial charge in [-0.2, -0.15) is 0 Å². The average Bonchev–Trinajstić information content (AvgIpc) is 3.15. The number of benzene rings is 2. The molecule has 0 saturated heterocycles. The maximum absolute atomic E-state index is 13.2. The lowest BCUT2D eigenvalue weighted by molar-refractivity contribution is 0.0736. The van der Waals surface area contributed by atoms with Crippen LogP contribution < -0.4 is 0 Å². The molecule has 29 heavy (non-hydrogen) atoms. The standard InChI is InChI=1S/C24H26ClFN2O/c1-2-3-6-15-28(24(29)22-9-4-5-10-23(22)25)18-21-8-7-16-27(21)17-19-11-13-20(26)14-12-19/h4-5,7-14,16H,2-3,6,15,17-18H2,1H3. The van der Waals surface area contributed by atoms with Gasteiger partial charge >= 0.3 is 0 Å². The third kappa shape index (κ3) is 5.70. The quantitative estimate of drug-likeness (QED) is 0.386. The summed E-state index contributed by atoms with van der Waals surface area (Å²) in [5, 5.41) is 0.472. The number of carbonyl (C=O) groups excluding carboxylic acids is 1. The predicted octanol–water partition coefficient (Wildman–Crippen LogP) is 6.16. The molecule has 0 aliphatic heterocycles. The summed E-state index contributed by atoms with van der Waals surface area (Å²) in [4.78, 5) is 15.1. The summed E-state index contributed by atoms with van der Waals surface area (Å²) in [5.74, 6) is -0.296. The lowest BCUT2D eigenvalue weighted by Crippen LogP contribution is -2.32. The van der Waals surface area contributed by atoms with Gasteiger partial charge in [-0.05, 0) is 48.4 Å². The van der Waals surface area contributed by atoms with Gasteiger partial charge in [0.2, 0.25) is 0 Å². The van der Waals surface area contributed by atoms with Crippen molar-refractivity contribution in [3.05, 3.63) is 94.5 Å². The van der Waals surface area contributed by atoms with Crippen LogP contribution in [-0.2, 0) is 13.1 Å². The average molecular weight is 413 g/mol. The number of nitrogens with zero attached hydrogens (tertiary/aromatic N) is 2. The lowest BCUT2D eigenvalue weighted by atomic mass is 10.1. The summed E-state index contributed by atoms with van der Waals surface area (Å²) in [6.07, 6.45) is 5.10. The number of amides is 1. The Morgan fingerprint density at radius 2 is 1.79 bits per heavy atom. The summed E-state index contributed by atoms with van der Waals surface area (Å²) < 4.78 is 15.3. The van der Waals surface area contributed by atoms with Gasteiger partial charge in [-0.15, -0.1) is 0 Å². The lowest BCUT2D eigenvalue weighted by Gasteiger charge is -2.24. The van der Waals surface area contributed by atoms with E-state index in [2.05, 4.69) is 11.5 Å². The van der Waals surface area contributed by atoms with Crippen molar-refractivity contribution in [3.8, 4) is 0 Å². The molecule has 0 radical (unpaired) electrons. The van der Waals surface area contributed by atoms with Crippen molar-refractivity contribution in [3.63, 3.8) is 0 Å². The molecule has 3 nitrogen and oxygen atoms in total. The number of aromatic nitrogens is 1. The van der Waals surface area contributed by atoms with Crippen molar-refractivity contribution >= 4 is 17.5 Å². The van der Waals surface area contributed by atoms with Crippen molar-refractivity contribution in [2.75, 3.05) is 6.54 Å². The molecule has 2 aromatic carbocycles. The van der Waals surface area contributed by atoms with Crippen LogP contribution in [0.15, 0.2) is 66.9 Å². The summed E-state index contributed by atoms with van der Waals surface area (Å²) >= 11 is 6.27. The van der Waals surface area contributed by atoms with Gasteiger partial charge < -0.3 is 9.47 Å². The monoisotopic (exact) mass is 412 g/mol. The zero-order chi connectivity index (χ0) is 20.6. The van der Waals surface area contributed by atoms with E-state index in [1.165, 1.54) is 12.1 Å². The van der Waals surface area contributed by atoms with E-state index in [1.54, 1.807) is 24.3 Å². The first-order valence-electron chi connectivity index (χ1n) is 10.0. The second kappa shape index (κ2) is 10.3. The molecule has 0 spiro atoms. The number of halogens is 2. The maximum Gasteiger partial charge on any atom is 0.255 e. The van der Waals surface area contributed by atoms with Gasteiger partial charge in [0.25, 0.3) is 5.91 Å². The molecule has 0 atom stereocenters. The second-order valence-electron chi connectivity index (χ2n) is 7.17. The Hall–Kier alpha value is -2.59. The number of rotatable bonds is 9. The molecule has 0 aliphatic carbocycles. The highest BCUT2D eigenvalue weighted by Gasteiger charge is 2.19. The van der Waals surface area contributed by atoms with Gasteiger partial charge in [0, 0.05) is 25.0 Å². The predicted molar refractivity (Wildman–Crippen MR) is 116 cm³/mol. The van der Waals surface area contributed by atoms with Gasteiger partial charge in [-0.1, -0.05) is 55.6 Å². The van der Waals surface area contributed by atoms with Crippen LogP contribution in [0.4, 0.5) is 4.39 Å². The van der Waals surface area contributed by atoms with Crippen LogP contribution in [0.2, 0.25) is 5.02 Å². The van der Waals surface area contributed by atoms with Gasteiger partial charge in [0.15, 0.2) is 0 Å². The molecule has 0 fully saturated rings. The fraction of sp³-hybridized carbons (Fsp3) is 0.292. The van der Waals surface area contributed by atoms with Crippen LogP contribution in [0.3, 0.4) is 0 Å². The molecule has 5 heteroatoms. The molecule has 0 bridgehead atoms. The van der Waals surface area contributed by atoms with E-state index in [0.29, 0.717) is 30.2 Å². The van der Waals surface area contributed by atoms with E-state index in [1.807, 2.05) is 35.4 Å². The highest BCUT2D eigenvalue weighted by molar-refractivity contribution is 6.33. The van der Waals surface area contributed by atoms with Gasteiger partial charge in [0.1, 0.15) is 5.82 Å². The minimum Gasteiger partial charge on any atom is -0.345 e. The van der Waals surface area contributed by atoms with E-state index in [-0.39, 0.29) is 11.7 Å². The molecular formula is C24H26ClFN2O. The Morgan fingerprint density at radius 3 is 2.52 bits per heavy atom. The topological polar surface area (TPSA) is 25.2 Å². The number of hydrogen-bond donors (Lipinski definition) is 0. The maximum atomic E-state index is 13.2. The van der Waals surface area contributed by atoms with Crippen molar-refractivity contribution in [2.45, 2.75) is 39.3 Å². The third-order valence-corrected chi connectivity index (χ3v) is 5.30. The van der Waals surface area contributed by atoms with Gasteiger partial charge in [-0.3, -0.25) is 4.79 Å². The summed E-state index contributed by atoms with van der Waals surface area (Å²) in [6.45, 7) is 3.96. The molecular weight excluding hydrogens is 387 g/mol. The molecule has 1 aromatic heterocycles. The fourth-order valence-electron chi connectivity index (χ4n) is 3.34. The van der Waals surface area contributed by atoms with E-state index in [4.69, 9.17) is 11.6 Å². The second-order valence-corrected chi connectivity index (χ2v) is 7.57. The highest BCUT2D eigenvalue weighted by atomic mass is 35.5. The van der Waals surface area contributed by atoms with Crippen LogP contribution in [0.5, 0.6) is 0 Å². The molecule has 0 saturated carbocycles. The molecule has 152 valence electrons. The number of unbranched alkanes of at least 4 members (excludes halogenated alkanes) is 2. The van der Waals surface area contributed by atoms with Crippen molar-refractivity contribution in [1.82, 2.24) is 9.47 Å². The Morgan fingerprint density at radius 1 is 1.03 bits per heavy atom. The molecule has 1 heterocycles. The van der Waals surface area contributed by atoms with Crippen LogP contribution in [0, 0.1) is 5.82 Å². The number of carbonyl (C=O) groups is 1. The minimum atomic E-state index is -0.242. The largest absolute Gasteiger partial charge is 0.345 e. The first kappa shape index (κ1) is 21.1. The Kier molecular flexibility index (Phi) is 7.48. The van der Waals surface area contributed by atoms with Crippen LogP contribution in [-0.4, -0.2) is 21.9 Å². The molecule has 1 amide bonds. The van der Waals surface area contributed by atoms with E-state index < -0.39 is 0 Å². The van der Waals surface area contributed by atoms with E-state index in [9.17, 15) is 9.18 Å². The van der Waals surface area contributed by atoms with Crippen molar-refractivity contribution in [2.24, 2.45) is 0 Å². The van der Waals surface area contributed by atoms with Crippen LogP contribution >= 0.6 is 11.6 Å². The SMILES string of the molecule is CCCCCN(Cc1cccn1Cc1ccc(F)cc1)C(=O)c1ccccc1Cl. The fourth-order valence-corrected chi connectivity index (χ4v) is 3.56. The Balaban J connectivity index is 1.79. The number of hydrogen-bond acceptors (Lipinski definition) is 1. The molecule has 0 N–H and O–H groups in total. The molecule has 3 rings (SSSR count). The Bertz CT molecular complexity index is 936. The molecule has 0 unspecified atom stereocenters. The summed E-state index contributed by atoms with van der Waals surface area (Å²) in [6, 6.07) is 17.7. The van der Waals surface area contributed by atoms with Gasteiger partial charge in [-0.25, -0.2) is 4.39 Å². The molecule has 3 aromatic rings. The first-order chi connectivity index (χ1) is 14.1. The van der Waals surface area contributed by atoms with Crippen molar-refractivity contribution < 1.29 is 9.18 Å². The molecule has 0 aliphatic rings. The Labute approximate surface area is 176 Å². The van der Waals surface area contributed by atoms with E-state index >= 15 is 0 Å².